The number of aliphatic imine (C=N–C) groups is 1. The molecule has 2 aromatic carbocycles. The first kappa shape index (κ1) is 25.5. The van der Waals surface area contributed by atoms with Crippen LogP contribution in [0.1, 0.15) is 38.4 Å². The highest BCUT2D eigenvalue weighted by molar-refractivity contribution is 5.96. The average molecular weight is 510 g/mol. The predicted octanol–water partition coefficient (Wildman–Crippen LogP) is 6.64. The highest BCUT2D eigenvalue weighted by Crippen LogP contribution is 2.32. The Balaban J connectivity index is 1.54. The van der Waals surface area contributed by atoms with E-state index in [4.69, 9.17) is 9.97 Å². The Labute approximate surface area is 221 Å². The molecule has 5 rings (SSSR count). The number of halogens is 1. The molecular formula is C30H32FN7. The van der Waals surface area contributed by atoms with E-state index in [1.807, 2.05) is 71.4 Å². The van der Waals surface area contributed by atoms with Crippen molar-refractivity contribution < 1.29 is 4.39 Å². The molecule has 0 saturated heterocycles. The van der Waals surface area contributed by atoms with E-state index in [-0.39, 0.29) is 5.82 Å². The molecule has 0 amide bonds. The maximum atomic E-state index is 14.6. The highest BCUT2D eigenvalue weighted by atomic mass is 19.1. The number of imidazole rings is 1. The zero-order chi connectivity index (χ0) is 26.8. The SMILES string of the molecule is CC(C)=N/C=C(\C)c1ccc2[nH]nc(-c3nc4c(-c5cc(F)cc(CCCN(C)C)c5)cccc4[nH]3)c2n1. The largest absolute Gasteiger partial charge is 0.336 e. The van der Waals surface area contributed by atoms with E-state index >= 15 is 0 Å². The molecule has 194 valence electrons. The van der Waals surface area contributed by atoms with Crippen LogP contribution in [0, 0.1) is 5.82 Å². The number of aryl methyl sites for hydroxylation is 1. The molecule has 0 aliphatic heterocycles. The van der Waals surface area contributed by atoms with E-state index in [1.165, 1.54) is 0 Å². The normalized spacial score (nSPS) is 12.1. The number of para-hydroxylation sites is 1. The van der Waals surface area contributed by atoms with Crippen LogP contribution in [-0.2, 0) is 6.42 Å². The molecule has 0 saturated carbocycles. The van der Waals surface area contributed by atoms with Crippen molar-refractivity contribution in [3.8, 4) is 22.6 Å². The Morgan fingerprint density at radius 3 is 2.63 bits per heavy atom. The van der Waals surface area contributed by atoms with E-state index in [9.17, 15) is 4.39 Å². The monoisotopic (exact) mass is 509 g/mol. The van der Waals surface area contributed by atoms with Gasteiger partial charge in [0, 0.05) is 17.5 Å². The fourth-order valence-corrected chi connectivity index (χ4v) is 4.50. The predicted molar refractivity (Wildman–Crippen MR) is 154 cm³/mol. The van der Waals surface area contributed by atoms with Gasteiger partial charge in [0.1, 0.15) is 11.3 Å². The van der Waals surface area contributed by atoms with E-state index < -0.39 is 0 Å². The molecule has 0 aliphatic carbocycles. The van der Waals surface area contributed by atoms with Gasteiger partial charge >= 0.3 is 0 Å². The van der Waals surface area contributed by atoms with Crippen LogP contribution in [-0.4, -0.2) is 56.4 Å². The second-order valence-corrected chi connectivity index (χ2v) is 10.1. The summed E-state index contributed by atoms with van der Waals surface area (Å²) in [6, 6.07) is 15.1. The Kier molecular flexibility index (Phi) is 7.15. The summed E-state index contributed by atoms with van der Waals surface area (Å²) in [4.78, 5) is 19.7. The van der Waals surface area contributed by atoms with Crippen LogP contribution in [0.4, 0.5) is 4.39 Å². The number of pyridine rings is 1. The molecule has 0 fully saturated rings. The second-order valence-electron chi connectivity index (χ2n) is 10.1. The van der Waals surface area contributed by atoms with Gasteiger partial charge in [-0.2, -0.15) is 5.10 Å². The number of nitrogens with one attached hydrogen (secondary N) is 2. The van der Waals surface area contributed by atoms with Crippen molar-refractivity contribution in [2.45, 2.75) is 33.6 Å². The smallest absolute Gasteiger partial charge is 0.161 e. The minimum Gasteiger partial charge on any atom is -0.336 e. The van der Waals surface area contributed by atoms with Crippen LogP contribution in [0.15, 0.2) is 59.7 Å². The van der Waals surface area contributed by atoms with Crippen molar-refractivity contribution in [2.24, 2.45) is 4.99 Å². The molecule has 2 N–H and O–H groups in total. The molecule has 0 bridgehead atoms. The van der Waals surface area contributed by atoms with Gasteiger partial charge < -0.3 is 9.88 Å². The minimum atomic E-state index is -0.240. The molecule has 0 unspecified atom stereocenters. The standard InChI is InChI=1S/C30H32FN7/c1-18(2)32-17-19(3)24-11-12-26-28(33-24)29(37-36-26)30-34-25-10-6-9-23(27(25)35-30)21-14-20(15-22(31)16-21)8-7-13-38(4)5/h6,9-12,14-17H,7-8,13H2,1-5H3,(H,34,35)(H,36,37)/b19-17+. The zero-order valence-electron chi connectivity index (χ0n) is 22.4. The maximum absolute atomic E-state index is 14.6. The van der Waals surface area contributed by atoms with Gasteiger partial charge in [-0.3, -0.25) is 10.1 Å². The Morgan fingerprint density at radius 2 is 1.84 bits per heavy atom. The van der Waals surface area contributed by atoms with Gasteiger partial charge in [-0.1, -0.05) is 18.2 Å². The molecule has 0 radical (unpaired) electrons. The topological polar surface area (TPSA) is 85.9 Å². The number of nitrogens with zero attached hydrogens (tertiary/aromatic N) is 5. The quantitative estimate of drug-likeness (QED) is 0.230. The van der Waals surface area contributed by atoms with Crippen LogP contribution in [0.25, 0.3) is 50.3 Å². The van der Waals surface area contributed by atoms with Gasteiger partial charge in [-0.15, -0.1) is 0 Å². The minimum absolute atomic E-state index is 0.240. The molecule has 0 atom stereocenters. The maximum Gasteiger partial charge on any atom is 0.161 e. The summed E-state index contributed by atoms with van der Waals surface area (Å²) in [5, 5.41) is 7.59. The summed E-state index contributed by atoms with van der Waals surface area (Å²) in [6.45, 7) is 6.86. The summed E-state index contributed by atoms with van der Waals surface area (Å²) < 4.78 is 14.6. The van der Waals surface area contributed by atoms with Crippen molar-refractivity contribution in [1.82, 2.24) is 30.0 Å². The molecule has 3 aromatic heterocycles. The van der Waals surface area contributed by atoms with Crippen molar-refractivity contribution in [2.75, 3.05) is 20.6 Å². The number of rotatable bonds is 8. The second kappa shape index (κ2) is 10.7. The lowest BCUT2D eigenvalue weighted by Gasteiger charge is -2.10. The number of H-pyrrole nitrogens is 2. The van der Waals surface area contributed by atoms with Crippen molar-refractivity contribution in [3.63, 3.8) is 0 Å². The zero-order valence-corrected chi connectivity index (χ0v) is 22.4. The Hall–Kier alpha value is -4.17. The van der Waals surface area contributed by atoms with E-state index in [0.29, 0.717) is 11.5 Å². The van der Waals surface area contributed by atoms with Crippen molar-refractivity contribution >= 4 is 33.4 Å². The molecular weight excluding hydrogens is 477 g/mol. The van der Waals surface area contributed by atoms with Crippen LogP contribution in [0.5, 0.6) is 0 Å². The van der Waals surface area contributed by atoms with E-state index in [0.717, 1.165) is 75.1 Å². The Morgan fingerprint density at radius 1 is 1.00 bits per heavy atom. The van der Waals surface area contributed by atoms with Gasteiger partial charge in [0.2, 0.25) is 0 Å². The average Bonchev–Trinajstić information content (AvgIpc) is 3.50. The number of hydrogen-bond donors (Lipinski definition) is 2. The van der Waals surface area contributed by atoms with Gasteiger partial charge in [-0.05, 0) is 101 Å². The summed E-state index contributed by atoms with van der Waals surface area (Å²) in [5.74, 6) is 0.367. The lowest BCUT2D eigenvalue weighted by atomic mass is 9.99. The number of aromatic amines is 2. The van der Waals surface area contributed by atoms with Gasteiger partial charge in [0.25, 0.3) is 0 Å². The first-order valence-electron chi connectivity index (χ1n) is 12.8. The first-order chi connectivity index (χ1) is 18.3. The van der Waals surface area contributed by atoms with Gasteiger partial charge in [0.05, 0.1) is 22.2 Å². The fourth-order valence-electron chi connectivity index (χ4n) is 4.50. The Bertz CT molecular complexity index is 1670. The number of fused-ring (bicyclic) bond motifs is 2. The molecule has 0 spiro atoms. The lowest BCUT2D eigenvalue weighted by molar-refractivity contribution is 0.400. The molecule has 38 heavy (non-hydrogen) atoms. The van der Waals surface area contributed by atoms with Crippen LogP contribution >= 0.6 is 0 Å². The molecule has 0 aliphatic rings. The third-order valence-electron chi connectivity index (χ3n) is 6.40. The summed E-state index contributed by atoms with van der Waals surface area (Å²) in [6.07, 6.45) is 3.60. The highest BCUT2D eigenvalue weighted by Gasteiger charge is 2.17. The van der Waals surface area contributed by atoms with Crippen LogP contribution in [0.3, 0.4) is 0 Å². The van der Waals surface area contributed by atoms with Gasteiger partial charge in [0.15, 0.2) is 11.5 Å². The number of hydrogen-bond acceptors (Lipinski definition) is 5. The first-order valence-corrected chi connectivity index (χ1v) is 12.8. The lowest BCUT2D eigenvalue weighted by Crippen LogP contribution is -2.13. The van der Waals surface area contributed by atoms with Gasteiger partial charge in [-0.25, -0.2) is 14.4 Å². The molecule has 8 heteroatoms. The summed E-state index contributed by atoms with van der Waals surface area (Å²) in [5.41, 5.74) is 9.23. The van der Waals surface area contributed by atoms with Crippen molar-refractivity contribution in [3.05, 3.63) is 71.8 Å². The number of aromatic nitrogens is 5. The number of benzene rings is 2. The van der Waals surface area contributed by atoms with Crippen LogP contribution in [0.2, 0.25) is 0 Å². The fraction of sp³-hybridized carbons (Fsp3) is 0.267. The molecule has 5 aromatic rings. The summed E-state index contributed by atoms with van der Waals surface area (Å²) >= 11 is 0. The number of allylic oxidation sites excluding steroid dienone is 1. The van der Waals surface area contributed by atoms with Crippen molar-refractivity contribution in [1.29, 1.82) is 0 Å². The van der Waals surface area contributed by atoms with E-state index in [1.54, 1.807) is 12.1 Å². The van der Waals surface area contributed by atoms with Crippen LogP contribution < -0.4 is 0 Å². The van der Waals surface area contributed by atoms with E-state index in [2.05, 4.69) is 31.1 Å². The third-order valence-corrected chi connectivity index (χ3v) is 6.40. The summed E-state index contributed by atoms with van der Waals surface area (Å²) in [7, 11) is 4.09. The third kappa shape index (κ3) is 5.40. The molecule has 7 nitrogen and oxygen atoms in total. The molecule has 3 heterocycles.